The minimum Gasteiger partial charge on any atom is -0.511 e. The van der Waals surface area contributed by atoms with Crippen LogP contribution in [0.1, 0.15) is 60.0 Å². The number of phenols is 1. The molecule has 1 aromatic carbocycles. The molecule has 1 heterocycles. The standard InChI is InChI=1S/C34H36N2O7/c35-33(42)29-26(38)17-22-15-21-16-24-23(11-12-25(37)28(24)30(39)27(21)31(40)34(22,43)32(29)41)20-8-4-2-1-3-7-19(9-10-20)18-36-13-5-6-14-36/h1-4,9-12,21-22,37-38,40,43H,5-8,13-18H2,(H2,35,42)/b3-1-,4-2-,19-9+,20-10+/t21-,22+,34+/m1/s1. The van der Waals surface area contributed by atoms with E-state index in [0.29, 0.717) is 12.0 Å². The number of likely N-dealkylation sites (tertiary alicyclic amines) is 1. The minimum absolute atomic E-state index is 0.0252. The largest absolute Gasteiger partial charge is 0.511 e. The van der Waals surface area contributed by atoms with Gasteiger partial charge in [-0.3, -0.25) is 19.3 Å². The van der Waals surface area contributed by atoms with E-state index in [1.165, 1.54) is 24.5 Å². The van der Waals surface area contributed by atoms with Crippen molar-refractivity contribution in [1.29, 1.82) is 0 Å². The van der Waals surface area contributed by atoms with E-state index in [2.05, 4.69) is 23.1 Å². The Hall–Kier alpha value is -4.21. The highest BCUT2D eigenvalue weighted by molar-refractivity contribution is 6.24. The van der Waals surface area contributed by atoms with Crippen LogP contribution in [0.5, 0.6) is 5.75 Å². The number of hydrogen-bond acceptors (Lipinski definition) is 8. The second-order valence-electron chi connectivity index (χ2n) is 12.2. The number of allylic oxidation sites excluding steroid dienone is 9. The fraction of sp³-hybridized carbons (Fsp3) is 0.382. The number of rotatable bonds is 4. The highest BCUT2D eigenvalue weighted by Crippen LogP contribution is 2.52. The molecule has 3 atom stereocenters. The van der Waals surface area contributed by atoms with Crippen molar-refractivity contribution in [2.75, 3.05) is 19.6 Å². The normalized spacial score (nSPS) is 31.7. The Labute approximate surface area is 249 Å². The summed E-state index contributed by atoms with van der Waals surface area (Å²) in [5.74, 6) is -6.30. The summed E-state index contributed by atoms with van der Waals surface area (Å²) in [5, 5.41) is 44.1. The van der Waals surface area contributed by atoms with Gasteiger partial charge < -0.3 is 26.2 Å². The van der Waals surface area contributed by atoms with Crippen LogP contribution in [-0.2, 0) is 16.0 Å². The van der Waals surface area contributed by atoms with Crippen molar-refractivity contribution in [3.8, 4) is 5.75 Å². The second kappa shape index (κ2) is 11.1. The van der Waals surface area contributed by atoms with Crippen LogP contribution < -0.4 is 5.73 Å². The molecule has 1 saturated heterocycles. The Kier molecular flexibility index (Phi) is 7.48. The van der Waals surface area contributed by atoms with Crippen molar-refractivity contribution in [2.24, 2.45) is 17.6 Å². The monoisotopic (exact) mass is 584 g/mol. The van der Waals surface area contributed by atoms with E-state index in [1.54, 1.807) is 0 Å². The molecule has 1 aliphatic heterocycles. The molecule has 9 heteroatoms. The van der Waals surface area contributed by atoms with Crippen LogP contribution in [0.3, 0.4) is 0 Å². The van der Waals surface area contributed by atoms with Gasteiger partial charge in [0.1, 0.15) is 22.8 Å². The number of aliphatic hydroxyl groups is 3. The Balaban J connectivity index is 1.42. The fourth-order valence-corrected chi connectivity index (χ4v) is 7.39. The summed E-state index contributed by atoms with van der Waals surface area (Å²) in [6.07, 6.45) is 16.4. The summed E-state index contributed by atoms with van der Waals surface area (Å²) in [6.45, 7) is 3.07. The molecule has 5 aliphatic rings. The van der Waals surface area contributed by atoms with Crippen molar-refractivity contribution in [1.82, 2.24) is 4.90 Å². The zero-order valence-electron chi connectivity index (χ0n) is 23.9. The van der Waals surface area contributed by atoms with Gasteiger partial charge in [0.25, 0.3) is 5.91 Å². The summed E-state index contributed by atoms with van der Waals surface area (Å²) < 4.78 is 0. The van der Waals surface area contributed by atoms with Gasteiger partial charge in [-0.25, -0.2) is 0 Å². The molecule has 4 aliphatic carbocycles. The number of ketones is 2. The number of primary amides is 1. The molecule has 1 amide bonds. The number of aliphatic hydroxyl groups excluding tert-OH is 2. The fourth-order valence-electron chi connectivity index (χ4n) is 7.39. The van der Waals surface area contributed by atoms with Crippen molar-refractivity contribution in [3.63, 3.8) is 0 Å². The maximum Gasteiger partial charge on any atom is 0.255 e. The molecule has 1 aromatic rings. The number of nitrogens with two attached hydrogens (primary N) is 1. The number of fused-ring (bicyclic) bond motifs is 3. The van der Waals surface area contributed by atoms with Gasteiger partial charge in [-0.15, -0.1) is 0 Å². The predicted octanol–water partition coefficient (Wildman–Crippen LogP) is 3.89. The molecular weight excluding hydrogens is 548 g/mol. The Bertz CT molecular complexity index is 1600. The summed E-state index contributed by atoms with van der Waals surface area (Å²) in [5.41, 5.74) is 5.50. The number of benzene rings is 1. The highest BCUT2D eigenvalue weighted by Gasteiger charge is 2.59. The molecule has 0 unspecified atom stereocenters. The average molecular weight is 585 g/mol. The lowest BCUT2D eigenvalue weighted by atomic mass is 9.60. The first kappa shape index (κ1) is 28.9. The maximum atomic E-state index is 14.0. The van der Waals surface area contributed by atoms with Crippen molar-refractivity contribution >= 4 is 23.0 Å². The van der Waals surface area contributed by atoms with Crippen molar-refractivity contribution < 1.29 is 34.8 Å². The van der Waals surface area contributed by atoms with Gasteiger partial charge in [-0.2, -0.15) is 0 Å². The lowest BCUT2D eigenvalue weighted by Gasteiger charge is -2.45. The third-order valence-corrected chi connectivity index (χ3v) is 9.54. The van der Waals surface area contributed by atoms with Crippen LogP contribution >= 0.6 is 0 Å². The van der Waals surface area contributed by atoms with Crippen molar-refractivity contribution in [3.05, 3.63) is 93.5 Å². The molecule has 0 spiro atoms. The molecule has 43 heavy (non-hydrogen) atoms. The molecule has 9 nitrogen and oxygen atoms in total. The third kappa shape index (κ3) is 4.86. The Morgan fingerprint density at radius 3 is 2.44 bits per heavy atom. The average Bonchev–Trinajstić information content (AvgIpc) is 3.47. The molecule has 0 aromatic heterocycles. The van der Waals surface area contributed by atoms with Gasteiger partial charge >= 0.3 is 0 Å². The number of phenolic OH excluding ortho intramolecular Hbond substituents is 1. The number of hydrogen-bond donors (Lipinski definition) is 5. The summed E-state index contributed by atoms with van der Waals surface area (Å²) in [6, 6.07) is 3.27. The quantitative estimate of drug-likeness (QED) is 0.333. The molecular formula is C34H36N2O7. The summed E-state index contributed by atoms with van der Waals surface area (Å²) >= 11 is 0. The van der Waals surface area contributed by atoms with E-state index in [9.17, 15) is 34.8 Å². The molecule has 0 bridgehead atoms. The zero-order chi connectivity index (χ0) is 30.5. The van der Waals surface area contributed by atoms with Crippen molar-refractivity contribution in [2.45, 2.75) is 50.5 Å². The molecule has 1 fully saturated rings. The number of amides is 1. The zero-order valence-corrected chi connectivity index (χ0v) is 23.9. The van der Waals surface area contributed by atoms with E-state index in [-0.39, 0.29) is 36.1 Å². The van der Waals surface area contributed by atoms with E-state index in [1.807, 2.05) is 24.3 Å². The first-order valence-electron chi connectivity index (χ1n) is 14.9. The number of Topliss-reactive ketones (excluding diaryl/α,β-unsaturated/α-hetero) is 2. The van der Waals surface area contributed by atoms with Crippen LogP contribution in [0, 0.1) is 11.8 Å². The smallest absolute Gasteiger partial charge is 0.255 e. The van der Waals surface area contributed by atoms with E-state index < -0.39 is 52.0 Å². The summed E-state index contributed by atoms with van der Waals surface area (Å²) in [7, 11) is 0. The van der Waals surface area contributed by atoms with Gasteiger partial charge in [0.05, 0.1) is 5.56 Å². The molecule has 0 radical (unpaired) electrons. The minimum atomic E-state index is -2.57. The van der Waals surface area contributed by atoms with Gasteiger partial charge in [-0.05, 0) is 80.3 Å². The lowest BCUT2D eigenvalue weighted by molar-refractivity contribution is -0.144. The van der Waals surface area contributed by atoms with Crippen LogP contribution in [0.25, 0.3) is 5.57 Å². The van der Waals surface area contributed by atoms with Gasteiger partial charge in [0.15, 0.2) is 11.4 Å². The van der Waals surface area contributed by atoms with Gasteiger partial charge in [0.2, 0.25) is 5.78 Å². The van der Waals surface area contributed by atoms with E-state index in [0.717, 1.165) is 37.2 Å². The Morgan fingerprint density at radius 2 is 1.72 bits per heavy atom. The molecule has 0 saturated carbocycles. The molecule has 6 rings (SSSR count). The number of aromatic hydroxyl groups is 1. The third-order valence-electron chi connectivity index (χ3n) is 9.54. The number of carbonyl (C=O) groups is 3. The SMILES string of the molecule is NC(=O)C1=C(O)C[C@@H]2C[C@@H]3Cc4c(/C5=C/C=C(/CN6CCCC6)C/C=C\C=C/C5)ccc(O)c4C(=O)C3=C(O)[C@]2(O)C1=O. The molecule has 224 valence electrons. The van der Waals surface area contributed by atoms with Crippen LogP contribution in [0.4, 0.5) is 0 Å². The van der Waals surface area contributed by atoms with Crippen LogP contribution in [0.2, 0.25) is 0 Å². The highest BCUT2D eigenvalue weighted by atomic mass is 16.3. The van der Waals surface area contributed by atoms with E-state index >= 15 is 0 Å². The topological polar surface area (TPSA) is 161 Å². The number of nitrogens with zero attached hydrogens (tertiary/aromatic N) is 1. The predicted molar refractivity (Wildman–Crippen MR) is 160 cm³/mol. The first-order chi connectivity index (χ1) is 20.6. The first-order valence-corrected chi connectivity index (χ1v) is 14.9. The van der Waals surface area contributed by atoms with Gasteiger partial charge in [0, 0.05) is 24.5 Å². The van der Waals surface area contributed by atoms with Gasteiger partial charge in [-0.1, -0.05) is 48.1 Å². The van der Waals surface area contributed by atoms with E-state index in [4.69, 9.17) is 5.73 Å². The Morgan fingerprint density at radius 1 is 1.00 bits per heavy atom. The lowest BCUT2D eigenvalue weighted by Crippen LogP contribution is -2.57. The summed E-state index contributed by atoms with van der Waals surface area (Å²) in [4.78, 5) is 41.5. The molecule has 6 N–H and O–H groups in total. The maximum absolute atomic E-state index is 14.0. The number of carbonyl (C=O) groups excluding carboxylic acids is 3. The van der Waals surface area contributed by atoms with Crippen LogP contribution in [-0.4, -0.2) is 68.0 Å². The van der Waals surface area contributed by atoms with Crippen LogP contribution in [0.15, 0.2) is 76.8 Å². The second-order valence-corrected chi connectivity index (χ2v) is 12.2.